The lowest BCUT2D eigenvalue weighted by molar-refractivity contribution is 0.0508. The molecule has 0 saturated heterocycles. The Morgan fingerprint density at radius 3 is 2.45 bits per heavy atom. The van der Waals surface area contributed by atoms with E-state index in [-0.39, 0.29) is 5.76 Å². The van der Waals surface area contributed by atoms with Crippen molar-refractivity contribution in [3.05, 3.63) is 33.2 Å². The molecule has 0 unspecified atom stereocenters. The van der Waals surface area contributed by atoms with Gasteiger partial charge in [-0.1, -0.05) is 11.8 Å². The molecule has 0 aliphatic heterocycles. The first-order valence-corrected chi connectivity index (χ1v) is 7.00. The highest BCUT2D eigenvalue weighted by Crippen LogP contribution is 2.30. The summed E-state index contributed by atoms with van der Waals surface area (Å²) in [5.41, 5.74) is -2.55. The molecule has 0 aliphatic carbocycles. The largest absolute Gasteiger partial charge is 0.423 e. The minimum Gasteiger partial charge on any atom is -0.423 e. The van der Waals surface area contributed by atoms with Crippen molar-refractivity contribution in [1.82, 2.24) is 0 Å². The average molecular weight is 292 g/mol. The maximum Gasteiger partial charge on any atom is 0.344 e. The summed E-state index contributed by atoms with van der Waals surface area (Å²) in [6, 6.07) is 1.66. The Kier molecular flexibility index (Phi) is 3.51. The van der Waals surface area contributed by atoms with E-state index in [4.69, 9.17) is 4.42 Å². The van der Waals surface area contributed by atoms with Crippen molar-refractivity contribution in [3.63, 3.8) is 0 Å². The quantitative estimate of drug-likeness (QED) is 0.791. The average Bonchev–Trinajstić information content (AvgIpc) is 2.74. The lowest BCUT2D eigenvalue weighted by Crippen LogP contribution is -2.21. The third kappa shape index (κ3) is 2.93. The molecular weight excluding hydrogens is 276 g/mol. The van der Waals surface area contributed by atoms with E-state index in [2.05, 4.69) is 11.8 Å². The molecule has 4 nitrogen and oxygen atoms in total. The summed E-state index contributed by atoms with van der Waals surface area (Å²) in [6.07, 6.45) is 0. The molecule has 2 aromatic heterocycles. The number of hydrogen-bond donors (Lipinski definition) is 2. The first kappa shape index (κ1) is 14.8. The topological polar surface area (TPSA) is 70.7 Å². The fourth-order valence-electron chi connectivity index (χ4n) is 1.73. The Labute approximate surface area is 120 Å². The number of fused-ring (bicyclic) bond motifs is 1. The van der Waals surface area contributed by atoms with Crippen LogP contribution in [0.5, 0.6) is 0 Å². The second-order valence-corrected chi connectivity index (χ2v) is 6.54. The predicted molar refractivity (Wildman–Crippen MR) is 78.8 cm³/mol. The molecule has 0 bridgehead atoms. The lowest BCUT2D eigenvalue weighted by atomic mass is 9.99. The zero-order valence-corrected chi connectivity index (χ0v) is 12.6. The van der Waals surface area contributed by atoms with Gasteiger partial charge in [-0.15, -0.1) is 11.3 Å². The zero-order chi connectivity index (χ0) is 15.1. The molecule has 0 fully saturated rings. The molecular formula is C15H16O4S. The molecule has 20 heavy (non-hydrogen) atoms. The van der Waals surface area contributed by atoms with E-state index in [1.165, 1.54) is 25.2 Å². The normalized spacial score (nSPS) is 12.3. The van der Waals surface area contributed by atoms with Crippen LogP contribution in [0.3, 0.4) is 0 Å². The van der Waals surface area contributed by atoms with E-state index >= 15 is 0 Å². The van der Waals surface area contributed by atoms with E-state index in [0.717, 1.165) is 0 Å². The van der Waals surface area contributed by atoms with Crippen molar-refractivity contribution in [3.8, 4) is 11.8 Å². The van der Waals surface area contributed by atoms with Gasteiger partial charge in [-0.25, -0.2) is 4.79 Å². The summed E-state index contributed by atoms with van der Waals surface area (Å²) >= 11 is 1.35. The van der Waals surface area contributed by atoms with Gasteiger partial charge in [0.15, 0.2) is 5.76 Å². The van der Waals surface area contributed by atoms with E-state index < -0.39 is 16.8 Å². The van der Waals surface area contributed by atoms with Crippen molar-refractivity contribution >= 4 is 21.4 Å². The highest BCUT2D eigenvalue weighted by Gasteiger charge is 2.26. The van der Waals surface area contributed by atoms with Gasteiger partial charge >= 0.3 is 5.63 Å². The number of rotatable bonds is 1. The first-order valence-electron chi connectivity index (χ1n) is 6.12. The Balaban J connectivity index is 2.84. The third-order valence-corrected chi connectivity index (χ3v) is 3.51. The van der Waals surface area contributed by atoms with Crippen LogP contribution in [0.4, 0.5) is 0 Å². The Hall–Kier alpha value is -1.61. The lowest BCUT2D eigenvalue weighted by Gasteiger charge is -2.17. The van der Waals surface area contributed by atoms with Crippen LogP contribution in [0, 0.1) is 11.8 Å². The summed E-state index contributed by atoms with van der Waals surface area (Å²) in [5, 5.41) is 22.1. The van der Waals surface area contributed by atoms with E-state index in [1.807, 2.05) is 0 Å². The van der Waals surface area contributed by atoms with Gasteiger partial charge < -0.3 is 14.6 Å². The van der Waals surface area contributed by atoms with Crippen molar-refractivity contribution < 1.29 is 14.6 Å². The van der Waals surface area contributed by atoms with E-state index in [1.54, 1.807) is 25.3 Å². The smallest absolute Gasteiger partial charge is 0.344 e. The van der Waals surface area contributed by atoms with Gasteiger partial charge in [0.05, 0.1) is 15.6 Å². The summed E-state index contributed by atoms with van der Waals surface area (Å²) < 4.78 is 5.89. The fraction of sp³-hybridized carbons (Fsp3) is 0.400. The third-order valence-electron chi connectivity index (χ3n) is 2.58. The van der Waals surface area contributed by atoms with Gasteiger partial charge in [-0.2, -0.15) is 0 Å². The number of hydrogen-bond acceptors (Lipinski definition) is 5. The molecule has 0 atom stereocenters. The second kappa shape index (κ2) is 4.74. The van der Waals surface area contributed by atoms with Crippen LogP contribution in [0.25, 0.3) is 10.1 Å². The molecule has 0 amide bonds. The molecule has 0 saturated carbocycles. The van der Waals surface area contributed by atoms with Crippen LogP contribution < -0.4 is 5.63 Å². The molecule has 0 spiro atoms. The van der Waals surface area contributed by atoms with Crippen molar-refractivity contribution in [2.45, 2.75) is 38.9 Å². The van der Waals surface area contributed by atoms with E-state index in [0.29, 0.717) is 15.6 Å². The van der Waals surface area contributed by atoms with Gasteiger partial charge in [0.2, 0.25) is 0 Å². The molecule has 0 aliphatic rings. The van der Waals surface area contributed by atoms with Gasteiger partial charge in [0.1, 0.15) is 11.2 Å². The second-order valence-electron chi connectivity index (χ2n) is 5.63. The highest BCUT2D eigenvalue weighted by atomic mass is 32.1. The SMILES string of the molecule is CC(C)(O)C#Cc1c(C(C)(C)O)oc(=O)c2ccsc12. The van der Waals surface area contributed by atoms with Crippen molar-refractivity contribution in [2.75, 3.05) is 0 Å². The van der Waals surface area contributed by atoms with Crippen LogP contribution in [0.15, 0.2) is 20.7 Å². The summed E-state index contributed by atoms with van der Waals surface area (Å²) in [7, 11) is 0. The minimum atomic E-state index is -1.33. The van der Waals surface area contributed by atoms with Gasteiger partial charge in [-0.3, -0.25) is 0 Å². The highest BCUT2D eigenvalue weighted by molar-refractivity contribution is 7.17. The standard InChI is InChI=1S/C15H16O4S/c1-14(2,17)7-5-9-11-10(6-8-20-11)13(16)19-12(9)15(3,4)18/h6,8,17-18H,1-4H3. The molecule has 2 N–H and O–H groups in total. The first-order chi connectivity index (χ1) is 9.09. The monoisotopic (exact) mass is 292 g/mol. The fourth-order valence-corrected chi connectivity index (χ4v) is 2.61. The molecule has 0 radical (unpaired) electrons. The maximum absolute atomic E-state index is 11.9. The van der Waals surface area contributed by atoms with Gasteiger partial charge in [0.25, 0.3) is 0 Å². The summed E-state index contributed by atoms with van der Waals surface area (Å²) in [4.78, 5) is 11.9. The van der Waals surface area contributed by atoms with Crippen LogP contribution in [0.1, 0.15) is 39.0 Å². The van der Waals surface area contributed by atoms with Crippen molar-refractivity contribution in [2.24, 2.45) is 0 Å². The number of aliphatic hydroxyl groups is 2. The maximum atomic E-state index is 11.9. The summed E-state index contributed by atoms with van der Waals surface area (Å²) in [6.45, 7) is 6.18. The molecule has 106 valence electrons. The minimum absolute atomic E-state index is 0.120. The Morgan fingerprint density at radius 2 is 1.90 bits per heavy atom. The molecule has 5 heteroatoms. The van der Waals surface area contributed by atoms with Crippen molar-refractivity contribution in [1.29, 1.82) is 0 Å². The summed E-state index contributed by atoms with van der Waals surface area (Å²) in [5.74, 6) is 5.64. The Morgan fingerprint density at radius 1 is 1.25 bits per heavy atom. The van der Waals surface area contributed by atoms with Gasteiger partial charge in [-0.05, 0) is 39.1 Å². The van der Waals surface area contributed by atoms with Crippen LogP contribution >= 0.6 is 11.3 Å². The van der Waals surface area contributed by atoms with Crippen LogP contribution in [-0.2, 0) is 5.60 Å². The molecule has 2 rings (SSSR count). The Bertz CT molecular complexity index is 757. The molecule has 2 aromatic rings. The number of thiophene rings is 1. The van der Waals surface area contributed by atoms with E-state index in [9.17, 15) is 15.0 Å². The van der Waals surface area contributed by atoms with Crippen LogP contribution in [-0.4, -0.2) is 15.8 Å². The predicted octanol–water partition coefficient (Wildman–Crippen LogP) is 2.20. The zero-order valence-electron chi connectivity index (χ0n) is 11.8. The van der Waals surface area contributed by atoms with Gasteiger partial charge in [0, 0.05) is 0 Å². The molecule has 2 heterocycles. The molecule has 0 aromatic carbocycles. The van der Waals surface area contributed by atoms with Crippen LogP contribution in [0.2, 0.25) is 0 Å².